The number of piperidine rings is 1. The first kappa shape index (κ1) is 22.5. The highest BCUT2D eigenvalue weighted by molar-refractivity contribution is 6.27. The molecule has 1 fully saturated rings. The van der Waals surface area contributed by atoms with Crippen LogP contribution in [0.1, 0.15) is 31.2 Å². The second kappa shape index (κ2) is 12.8. The summed E-state index contributed by atoms with van der Waals surface area (Å²) in [6.45, 7) is 8.14. The zero-order valence-electron chi connectivity index (χ0n) is 15.9. The Balaban J connectivity index is 0.000000527. The molecular weight excluding hydrogens is 350 g/mol. The quantitative estimate of drug-likeness (QED) is 0.407. The smallest absolute Gasteiger partial charge is 0.414 e. The van der Waals surface area contributed by atoms with Crippen molar-refractivity contribution in [3.05, 3.63) is 36.4 Å². The minimum atomic E-state index is -1.82. The first-order chi connectivity index (χ1) is 13.0. The van der Waals surface area contributed by atoms with Gasteiger partial charge in [-0.1, -0.05) is 18.6 Å². The molecule has 0 atom stereocenters. The van der Waals surface area contributed by atoms with Gasteiger partial charge in [-0.25, -0.2) is 9.59 Å². The lowest BCUT2D eigenvalue weighted by Crippen LogP contribution is -2.31. The fourth-order valence-electron chi connectivity index (χ4n) is 2.78. The highest BCUT2D eigenvalue weighted by Crippen LogP contribution is 2.28. The number of carbonyl (C=O) groups is 2. The molecule has 1 aromatic rings. The summed E-state index contributed by atoms with van der Waals surface area (Å²) in [5, 5.41) is 14.8. The molecule has 27 heavy (non-hydrogen) atoms. The van der Waals surface area contributed by atoms with Gasteiger partial charge in [0.25, 0.3) is 0 Å². The van der Waals surface area contributed by atoms with E-state index in [9.17, 15) is 0 Å². The number of nitrogens with zero attached hydrogens (tertiary/aromatic N) is 1. The third-order valence-corrected chi connectivity index (χ3v) is 4.12. The van der Waals surface area contributed by atoms with Gasteiger partial charge in [0.05, 0.1) is 13.7 Å². The number of allylic oxidation sites excluding steroid dienone is 1. The average molecular weight is 379 g/mol. The summed E-state index contributed by atoms with van der Waals surface area (Å²) < 4.78 is 11.3. The molecule has 1 aliphatic rings. The molecule has 2 N–H and O–H groups in total. The fraction of sp³-hybridized carbons (Fsp3) is 0.500. The molecule has 0 amide bonds. The second-order valence-corrected chi connectivity index (χ2v) is 6.19. The standard InChI is InChI=1S/C18H27NO2.C2H2O4/c1-3-8-16-9-10-17(18(15-16)20-2)21-14-7-13-19-11-5-4-6-12-19;3-1(4)2(5)6/h3,9-10,15H,1,4-8,11-14H2,2H3;(H,3,4)(H,5,6). The number of carboxylic acids is 2. The van der Waals surface area contributed by atoms with Gasteiger partial charge < -0.3 is 24.6 Å². The molecule has 7 nitrogen and oxygen atoms in total. The van der Waals surface area contributed by atoms with Crippen molar-refractivity contribution in [1.29, 1.82) is 0 Å². The van der Waals surface area contributed by atoms with Crippen molar-refractivity contribution < 1.29 is 29.3 Å². The summed E-state index contributed by atoms with van der Waals surface area (Å²) in [4.78, 5) is 20.7. The first-order valence-electron chi connectivity index (χ1n) is 9.07. The molecule has 0 saturated carbocycles. The van der Waals surface area contributed by atoms with Crippen LogP contribution in [-0.4, -0.2) is 60.4 Å². The number of hydrogen-bond donors (Lipinski definition) is 2. The summed E-state index contributed by atoms with van der Waals surface area (Å²) in [6.07, 6.45) is 7.90. The molecule has 2 rings (SSSR count). The Morgan fingerprint density at radius 2 is 1.81 bits per heavy atom. The molecule has 0 unspecified atom stereocenters. The predicted octanol–water partition coefficient (Wildman–Crippen LogP) is 2.83. The lowest BCUT2D eigenvalue weighted by molar-refractivity contribution is -0.159. The molecule has 1 heterocycles. The number of aliphatic carboxylic acids is 2. The Bertz CT molecular complexity index is 598. The summed E-state index contributed by atoms with van der Waals surface area (Å²) >= 11 is 0. The van der Waals surface area contributed by atoms with Crippen LogP contribution in [0.5, 0.6) is 11.5 Å². The Kier molecular flexibility index (Phi) is 10.6. The molecule has 0 bridgehead atoms. The zero-order chi connectivity index (χ0) is 20.1. The Morgan fingerprint density at radius 3 is 2.37 bits per heavy atom. The lowest BCUT2D eigenvalue weighted by atomic mass is 10.1. The first-order valence-corrected chi connectivity index (χ1v) is 9.07. The van der Waals surface area contributed by atoms with Crippen molar-refractivity contribution in [1.82, 2.24) is 4.90 Å². The van der Waals surface area contributed by atoms with Crippen LogP contribution >= 0.6 is 0 Å². The molecule has 7 heteroatoms. The van der Waals surface area contributed by atoms with Gasteiger partial charge in [0.2, 0.25) is 0 Å². The third kappa shape index (κ3) is 9.10. The van der Waals surface area contributed by atoms with E-state index in [1.54, 1.807) is 7.11 Å². The molecule has 0 radical (unpaired) electrons. The number of hydrogen-bond acceptors (Lipinski definition) is 5. The maximum absolute atomic E-state index is 9.10. The molecule has 150 valence electrons. The van der Waals surface area contributed by atoms with E-state index in [-0.39, 0.29) is 0 Å². The molecule has 0 spiro atoms. The van der Waals surface area contributed by atoms with E-state index in [1.807, 2.05) is 18.2 Å². The maximum atomic E-state index is 9.10. The van der Waals surface area contributed by atoms with E-state index >= 15 is 0 Å². The van der Waals surface area contributed by atoms with Crippen LogP contribution in [0.15, 0.2) is 30.9 Å². The van der Waals surface area contributed by atoms with Crippen molar-refractivity contribution in [3.63, 3.8) is 0 Å². The molecule has 1 aromatic carbocycles. The highest BCUT2D eigenvalue weighted by atomic mass is 16.5. The minimum absolute atomic E-state index is 0.744. The van der Waals surface area contributed by atoms with Gasteiger partial charge in [0.1, 0.15) is 0 Å². The average Bonchev–Trinajstić information content (AvgIpc) is 2.67. The van der Waals surface area contributed by atoms with E-state index < -0.39 is 11.9 Å². The van der Waals surface area contributed by atoms with Gasteiger partial charge in [0, 0.05) is 6.54 Å². The number of methoxy groups -OCH3 is 1. The van der Waals surface area contributed by atoms with Crippen molar-refractivity contribution in [3.8, 4) is 11.5 Å². The van der Waals surface area contributed by atoms with Gasteiger partial charge >= 0.3 is 11.9 Å². The molecular formula is C20H29NO6. The molecule has 0 aliphatic carbocycles. The number of likely N-dealkylation sites (tertiary alicyclic amines) is 1. The maximum Gasteiger partial charge on any atom is 0.414 e. The Labute approximate surface area is 160 Å². The van der Waals surface area contributed by atoms with Crippen LogP contribution in [0.4, 0.5) is 0 Å². The summed E-state index contributed by atoms with van der Waals surface area (Å²) in [5.41, 5.74) is 1.20. The predicted molar refractivity (Wildman–Crippen MR) is 103 cm³/mol. The molecule has 1 aliphatic heterocycles. The van der Waals surface area contributed by atoms with Crippen LogP contribution in [0, 0.1) is 0 Å². The Hall–Kier alpha value is -2.54. The monoisotopic (exact) mass is 379 g/mol. The van der Waals surface area contributed by atoms with E-state index in [2.05, 4.69) is 17.5 Å². The van der Waals surface area contributed by atoms with E-state index in [1.165, 1.54) is 37.9 Å². The van der Waals surface area contributed by atoms with Gasteiger partial charge in [-0.3, -0.25) is 0 Å². The summed E-state index contributed by atoms with van der Waals surface area (Å²) in [7, 11) is 1.69. The minimum Gasteiger partial charge on any atom is -0.493 e. The third-order valence-electron chi connectivity index (χ3n) is 4.12. The topological polar surface area (TPSA) is 96.3 Å². The van der Waals surface area contributed by atoms with Gasteiger partial charge in [-0.15, -0.1) is 6.58 Å². The molecule has 1 saturated heterocycles. The van der Waals surface area contributed by atoms with Crippen molar-refractivity contribution >= 4 is 11.9 Å². The van der Waals surface area contributed by atoms with Gasteiger partial charge in [-0.2, -0.15) is 0 Å². The van der Waals surface area contributed by atoms with E-state index in [4.69, 9.17) is 29.3 Å². The summed E-state index contributed by atoms with van der Waals surface area (Å²) in [5.74, 6) is -2.00. The van der Waals surface area contributed by atoms with Gasteiger partial charge in [0.15, 0.2) is 11.5 Å². The number of benzene rings is 1. The normalized spacial score (nSPS) is 13.8. The van der Waals surface area contributed by atoms with Crippen LogP contribution in [0.3, 0.4) is 0 Å². The van der Waals surface area contributed by atoms with Crippen molar-refractivity contribution in [2.24, 2.45) is 0 Å². The Morgan fingerprint density at radius 1 is 1.15 bits per heavy atom. The highest BCUT2D eigenvalue weighted by Gasteiger charge is 2.10. The van der Waals surface area contributed by atoms with Crippen LogP contribution in [-0.2, 0) is 16.0 Å². The summed E-state index contributed by atoms with van der Waals surface area (Å²) in [6, 6.07) is 6.10. The van der Waals surface area contributed by atoms with Gasteiger partial charge in [-0.05, 0) is 56.5 Å². The molecule has 0 aromatic heterocycles. The number of carboxylic acid groups (broad SMARTS) is 2. The van der Waals surface area contributed by atoms with Crippen LogP contribution in [0.25, 0.3) is 0 Å². The number of rotatable bonds is 8. The number of ether oxygens (including phenoxy) is 2. The zero-order valence-corrected chi connectivity index (χ0v) is 15.9. The van der Waals surface area contributed by atoms with E-state index in [0.717, 1.165) is 37.5 Å². The van der Waals surface area contributed by atoms with Crippen molar-refractivity contribution in [2.75, 3.05) is 33.4 Å². The SMILES string of the molecule is C=CCc1ccc(OCCCN2CCCCC2)c(OC)c1.O=C(O)C(=O)O. The fourth-order valence-corrected chi connectivity index (χ4v) is 2.78. The second-order valence-electron chi connectivity index (χ2n) is 6.19. The largest absolute Gasteiger partial charge is 0.493 e. The lowest BCUT2D eigenvalue weighted by Gasteiger charge is -2.26. The van der Waals surface area contributed by atoms with Crippen molar-refractivity contribution in [2.45, 2.75) is 32.1 Å². The van der Waals surface area contributed by atoms with Crippen LogP contribution in [0.2, 0.25) is 0 Å². The van der Waals surface area contributed by atoms with Crippen LogP contribution < -0.4 is 9.47 Å². The van der Waals surface area contributed by atoms with E-state index in [0.29, 0.717) is 0 Å².